The third-order valence-corrected chi connectivity index (χ3v) is 3.62. The minimum absolute atomic E-state index is 0.259. The van der Waals surface area contributed by atoms with Gasteiger partial charge >= 0.3 is 0 Å². The van der Waals surface area contributed by atoms with Crippen molar-refractivity contribution in [3.8, 4) is 0 Å². The highest BCUT2D eigenvalue weighted by Gasteiger charge is 2.15. The van der Waals surface area contributed by atoms with Crippen molar-refractivity contribution < 1.29 is 4.74 Å². The summed E-state index contributed by atoms with van der Waals surface area (Å²) in [6.45, 7) is 6.02. The summed E-state index contributed by atoms with van der Waals surface area (Å²) in [5.41, 5.74) is 6.86. The monoisotopic (exact) mass is 248 g/mol. The molecule has 0 saturated heterocycles. The minimum atomic E-state index is 0.259. The number of ether oxygens (including phenoxy) is 1. The molecule has 0 fully saturated rings. The minimum Gasteiger partial charge on any atom is -0.372 e. The van der Waals surface area contributed by atoms with Crippen LogP contribution >= 0.6 is 0 Å². The van der Waals surface area contributed by atoms with E-state index in [0.29, 0.717) is 0 Å². The van der Waals surface area contributed by atoms with Crippen LogP contribution in [0.2, 0.25) is 0 Å². The summed E-state index contributed by atoms with van der Waals surface area (Å²) in [6.07, 6.45) is 3.56. The van der Waals surface area contributed by atoms with Crippen LogP contribution in [0.5, 0.6) is 0 Å². The van der Waals surface area contributed by atoms with Crippen LogP contribution in [0.1, 0.15) is 55.8 Å². The van der Waals surface area contributed by atoms with Crippen molar-refractivity contribution in [1.82, 2.24) is 5.43 Å². The molecular weight excluding hydrogens is 224 g/mol. The van der Waals surface area contributed by atoms with Crippen molar-refractivity contribution in [3.63, 3.8) is 0 Å². The number of nitrogens with one attached hydrogen (secondary N) is 1. The lowest BCUT2D eigenvalue weighted by molar-refractivity contribution is 0.134. The summed E-state index contributed by atoms with van der Waals surface area (Å²) >= 11 is 0. The van der Waals surface area contributed by atoms with E-state index >= 15 is 0 Å². The van der Waals surface area contributed by atoms with Crippen molar-refractivity contribution in [3.05, 3.63) is 34.9 Å². The van der Waals surface area contributed by atoms with Crippen LogP contribution in [-0.2, 0) is 18.0 Å². The molecule has 1 aliphatic heterocycles. The molecule has 1 aromatic rings. The first kappa shape index (κ1) is 13.5. The van der Waals surface area contributed by atoms with Crippen molar-refractivity contribution in [2.75, 3.05) is 0 Å². The number of hydrogen-bond donors (Lipinski definition) is 2. The van der Waals surface area contributed by atoms with Crippen LogP contribution < -0.4 is 11.3 Å². The Hall–Kier alpha value is -0.900. The fourth-order valence-electron chi connectivity index (χ4n) is 2.49. The van der Waals surface area contributed by atoms with Gasteiger partial charge in [0, 0.05) is 6.04 Å². The van der Waals surface area contributed by atoms with Gasteiger partial charge in [0.15, 0.2) is 0 Å². The second kappa shape index (κ2) is 6.32. The lowest BCUT2D eigenvalue weighted by atomic mass is 9.96. The van der Waals surface area contributed by atoms with Crippen molar-refractivity contribution in [2.45, 2.75) is 52.4 Å². The van der Waals surface area contributed by atoms with Crippen LogP contribution in [0.15, 0.2) is 18.2 Å². The summed E-state index contributed by atoms with van der Waals surface area (Å²) in [4.78, 5) is 0. The van der Waals surface area contributed by atoms with E-state index in [2.05, 4.69) is 37.5 Å². The molecule has 1 aromatic carbocycles. The molecule has 3 nitrogen and oxygen atoms in total. The average Bonchev–Trinajstić information content (AvgIpc) is 2.81. The van der Waals surface area contributed by atoms with E-state index in [1.54, 1.807) is 0 Å². The highest BCUT2D eigenvalue weighted by molar-refractivity contribution is 5.34. The Morgan fingerprint density at radius 1 is 1.22 bits per heavy atom. The van der Waals surface area contributed by atoms with Gasteiger partial charge in [0.05, 0.1) is 13.2 Å². The molecule has 0 radical (unpaired) electrons. The Kier molecular flexibility index (Phi) is 4.75. The maximum atomic E-state index is 5.69. The first-order valence-corrected chi connectivity index (χ1v) is 6.86. The molecule has 1 heterocycles. The molecule has 0 aliphatic carbocycles. The van der Waals surface area contributed by atoms with E-state index in [-0.39, 0.29) is 6.04 Å². The molecule has 100 valence electrons. The quantitative estimate of drug-likeness (QED) is 0.601. The van der Waals surface area contributed by atoms with Gasteiger partial charge in [0.2, 0.25) is 0 Å². The lowest BCUT2D eigenvalue weighted by Gasteiger charge is -2.17. The number of hydrazine groups is 1. The molecule has 3 N–H and O–H groups in total. The van der Waals surface area contributed by atoms with Crippen molar-refractivity contribution in [2.24, 2.45) is 11.8 Å². The molecule has 3 heteroatoms. The zero-order valence-electron chi connectivity index (χ0n) is 11.4. The highest BCUT2D eigenvalue weighted by atomic mass is 16.5. The summed E-state index contributed by atoms with van der Waals surface area (Å²) in [7, 11) is 0. The molecule has 0 bridgehead atoms. The third-order valence-electron chi connectivity index (χ3n) is 3.62. The molecular formula is C15H24N2O. The van der Waals surface area contributed by atoms with Gasteiger partial charge in [0.25, 0.3) is 0 Å². The van der Waals surface area contributed by atoms with Crippen molar-refractivity contribution >= 4 is 0 Å². The summed E-state index contributed by atoms with van der Waals surface area (Å²) in [5.74, 6) is 6.45. The van der Waals surface area contributed by atoms with E-state index in [9.17, 15) is 0 Å². The van der Waals surface area contributed by atoms with E-state index < -0.39 is 0 Å². The summed E-state index contributed by atoms with van der Waals surface area (Å²) < 4.78 is 5.44. The Morgan fingerprint density at radius 3 is 2.72 bits per heavy atom. The lowest BCUT2D eigenvalue weighted by Crippen LogP contribution is -2.28. The fraction of sp³-hybridized carbons (Fsp3) is 0.600. The van der Waals surface area contributed by atoms with Gasteiger partial charge < -0.3 is 4.74 Å². The first-order valence-electron chi connectivity index (χ1n) is 6.86. The molecule has 0 aromatic heterocycles. The summed E-state index contributed by atoms with van der Waals surface area (Å²) in [5, 5.41) is 0. The predicted molar refractivity (Wildman–Crippen MR) is 73.7 cm³/mol. The Morgan fingerprint density at radius 2 is 2.00 bits per heavy atom. The van der Waals surface area contributed by atoms with Crippen LogP contribution in [0, 0.1) is 5.92 Å². The normalized spacial score (nSPS) is 16.0. The van der Waals surface area contributed by atoms with Gasteiger partial charge in [-0.15, -0.1) is 0 Å². The predicted octanol–water partition coefficient (Wildman–Crippen LogP) is 3.05. The molecule has 0 amide bonds. The smallest absolute Gasteiger partial charge is 0.0725 e. The topological polar surface area (TPSA) is 47.3 Å². The van der Waals surface area contributed by atoms with E-state index in [1.165, 1.54) is 29.5 Å². The second-order valence-corrected chi connectivity index (χ2v) is 5.56. The summed E-state index contributed by atoms with van der Waals surface area (Å²) in [6, 6.07) is 6.84. The number of fused-ring (bicyclic) bond motifs is 1. The Bertz CT molecular complexity index is 390. The van der Waals surface area contributed by atoms with Crippen LogP contribution in [0.3, 0.4) is 0 Å². The largest absolute Gasteiger partial charge is 0.372 e. The fourth-order valence-corrected chi connectivity index (χ4v) is 2.49. The van der Waals surface area contributed by atoms with Gasteiger partial charge in [-0.2, -0.15) is 0 Å². The van der Waals surface area contributed by atoms with Gasteiger partial charge in [-0.1, -0.05) is 44.9 Å². The Balaban J connectivity index is 1.99. The third kappa shape index (κ3) is 3.31. The zero-order chi connectivity index (χ0) is 13.0. The standard InChI is InChI=1S/C15H24N2O/c1-11(2)4-3-5-15(17-16)12-6-7-13-9-18-10-14(13)8-12/h6-8,11,15,17H,3-5,9-10,16H2,1-2H3. The molecule has 2 rings (SSSR count). The van der Waals surface area contributed by atoms with E-state index in [4.69, 9.17) is 10.6 Å². The second-order valence-electron chi connectivity index (χ2n) is 5.56. The highest BCUT2D eigenvalue weighted by Crippen LogP contribution is 2.26. The molecule has 1 atom stereocenters. The maximum Gasteiger partial charge on any atom is 0.0725 e. The van der Waals surface area contributed by atoms with Gasteiger partial charge in [-0.3, -0.25) is 11.3 Å². The molecule has 1 unspecified atom stereocenters. The van der Waals surface area contributed by atoms with Gasteiger partial charge in [-0.25, -0.2) is 0 Å². The molecule has 18 heavy (non-hydrogen) atoms. The molecule has 0 spiro atoms. The van der Waals surface area contributed by atoms with Crippen LogP contribution in [-0.4, -0.2) is 0 Å². The van der Waals surface area contributed by atoms with Gasteiger partial charge in [0.1, 0.15) is 0 Å². The molecule has 1 aliphatic rings. The van der Waals surface area contributed by atoms with E-state index in [1.807, 2.05) is 0 Å². The Labute approximate surface area is 110 Å². The van der Waals surface area contributed by atoms with Crippen molar-refractivity contribution in [1.29, 1.82) is 0 Å². The van der Waals surface area contributed by atoms with Crippen LogP contribution in [0.25, 0.3) is 0 Å². The number of benzene rings is 1. The molecule has 0 saturated carbocycles. The number of nitrogens with two attached hydrogens (primary N) is 1. The van der Waals surface area contributed by atoms with Gasteiger partial charge in [-0.05, 0) is 29.0 Å². The number of rotatable bonds is 6. The number of hydrogen-bond acceptors (Lipinski definition) is 3. The average molecular weight is 248 g/mol. The van der Waals surface area contributed by atoms with E-state index in [0.717, 1.165) is 25.6 Å². The first-order chi connectivity index (χ1) is 8.70. The maximum absolute atomic E-state index is 5.69. The zero-order valence-corrected chi connectivity index (χ0v) is 11.4. The SMILES string of the molecule is CC(C)CCCC(NN)c1ccc2c(c1)COC2. The van der Waals surface area contributed by atoms with Crippen LogP contribution in [0.4, 0.5) is 0 Å².